The van der Waals surface area contributed by atoms with Gasteiger partial charge in [-0.05, 0) is 35.9 Å². The monoisotopic (exact) mass is 456 g/mol. The molecule has 0 aromatic heterocycles. The highest BCUT2D eigenvalue weighted by Crippen LogP contribution is 2.36. The van der Waals surface area contributed by atoms with Gasteiger partial charge < -0.3 is 14.2 Å². The summed E-state index contributed by atoms with van der Waals surface area (Å²) in [5.41, 5.74) is 0.243. The van der Waals surface area contributed by atoms with Gasteiger partial charge in [-0.3, -0.25) is 4.55 Å². The van der Waals surface area contributed by atoms with Crippen LogP contribution in [0.4, 0.5) is 0 Å². The number of ether oxygens (including phenoxy) is 3. The Hall–Kier alpha value is -3.20. The third-order valence-corrected chi connectivity index (χ3v) is 5.51. The molecule has 0 aliphatic heterocycles. The van der Waals surface area contributed by atoms with Crippen LogP contribution in [0.3, 0.4) is 0 Å². The molecular formula is C24H24O7S. The van der Waals surface area contributed by atoms with Crippen LogP contribution in [0.15, 0.2) is 78.2 Å². The maximum Gasteiger partial charge on any atom is 0.333 e. The van der Waals surface area contributed by atoms with Gasteiger partial charge in [0.25, 0.3) is 10.1 Å². The minimum Gasteiger partial charge on any atom is -0.488 e. The van der Waals surface area contributed by atoms with Crippen LogP contribution in [-0.2, 0) is 24.4 Å². The van der Waals surface area contributed by atoms with Gasteiger partial charge in [0, 0.05) is 16.3 Å². The molecule has 0 aliphatic carbocycles. The number of fused-ring (bicyclic) bond motifs is 2. The fourth-order valence-corrected chi connectivity index (χ4v) is 3.65. The lowest BCUT2D eigenvalue weighted by Gasteiger charge is -2.20. The minimum atomic E-state index is -4.40. The topological polar surface area (TPSA) is 99.1 Å². The van der Waals surface area contributed by atoms with E-state index in [0.717, 1.165) is 16.2 Å². The van der Waals surface area contributed by atoms with Gasteiger partial charge in [-0.1, -0.05) is 43.0 Å². The zero-order valence-corrected chi connectivity index (χ0v) is 18.4. The number of hydrogen-bond donors (Lipinski definition) is 1. The molecule has 0 bridgehead atoms. The van der Waals surface area contributed by atoms with Crippen LogP contribution in [0.2, 0.25) is 0 Å². The van der Waals surface area contributed by atoms with E-state index in [4.69, 9.17) is 14.2 Å². The first kappa shape index (κ1) is 23.5. The molecule has 0 saturated heterocycles. The van der Waals surface area contributed by atoms with Crippen molar-refractivity contribution >= 4 is 37.6 Å². The molecule has 3 aromatic rings. The van der Waals surface area contributed by atoms with E-state index in [1.165, 1.54) is 12.1 Å². The molecule has 0 radical (unpaired) electrons. The largest absolute Gasteiger partial charge is 0.488 e. The minimum absolute atomic E-state index is 0.0463. The Labute approximate surface area is 186 Å². The highest BCUT2D eigenvalue weighted by atomic mass is 32.2. The number of hydrogen-bond acceptors (Lipinski definition) is 6. The number of carbonyl (C=O) groups is 1. The molecule has 1 unspecified atom stereocenters. The molecule has 7 nitrogen and oxygen atoms in total. The third kappa shape index (κ3) is 5.53. The van der Waals surface area contributed by atoms with Crippen molar-refractivity contribution in [1.82, 2.24) is 0 Å². The van der Waals surface area contributed by atoms with Crippen molar-refractivity contribution in [3.05, 3.63) is 73.3 Å². The van der Waals surface area contributed by atoms with Crippen molar-refractivity contribution in [2.45, 2.75) is 17.9 Å². The second kappa shape index (κ2) is 9.95. The Morgan fingerprint density at radius 1 is 1.09 bits per heavy atom. The molecule has 168 valence electrons. The Bertz CT molecular complexity index is 1280. The van der Waals surface area contributed by atoms with Crippen LogP contribution < -0.4 is 4.74 Å². The van der Waals surface area contributed by atoms with Crippen molar-refractivity contribution in [2.75, 3.05) is 19.8 Å². The van der Waals surface area contributed by atoms with Crippen LogP contribution in [0.1, 0.15) is 6.92 Å². The van der Waals surface area contributed by atoms with E-state index in [-0.39, 0.29) is 30.3 Å². The van der Waals surface area contributed by atoms with Gasteiger partial charge in [-0.25, -0.2) is 4.79 Å². The SMILES string of the molecule is C=CCOCC(COc1c2ccccc2cc2ccc(S(=O)(=O)O)cc12)OC(=O)C(=C)C. The lowest BCUT2D eigenvalue weighted by atomic mass is 10.0. The van der Waals surface area contributed by atoms with Crippen LogP contribution in [0.5, 0.6) is 5.75 Å². The summed E-state index contributed by atoms with van der Waals surface area (Å²) < 4.78 is 49.8. The predicted octanol–water partition coefficient (Wildman–Crippen LogP) is 4.31. The van der Waals surface area contributed by atoms with E-state index in [1.807, 2.05) is 30.3 Å². The van der Waals surface area contributed by atoms with E-state index in [0.29, 0.717) is 11.1 Å². The molecule has 0 aliphatic rings. The van der Waals surface area contributed by atoms with Gasteiger partial charge >= 0.3 is 5.97 Å². The lowest BCUT2D eigenvalue weighted by molar-refractivity contribution is -0.148. The summed E-state index contributed by atoms with van der Waals surface area (Å²) in [6.45, 7) is 9.02. The Morgan fingerprint density at radius 3 is 2.50 bits per heavy atom. The predicted molar refractivity (Wildman–Crippen MR) is 122 cm³/mol. The van der Waals surface area contributed by atoms with Crippen molar-refractivity contribution in [1.29, 1.82) is 0 Å². The molecule has 0 spiro atoms. The molecule has 1 N–H and O–H groups in total. The molecule has 0 fully saturated rings. The van der Waals surface area contributed by atoms with E-state index in [1.54, 1.807) is 19.1 Å². The molecule has 1 atom stereocenters. The first-order chi connectivity index (χ1) is 15.2. The van der Waals surface area contributed by atoms with E-state index in [9.17, 15) is 17.8 Å². The Kier molecular flexibility index (Phi) is 7.29. The average molecular weight is 457 g/mol. The summed E-state index contributed by atoms with van der Waals surface area (Å²) in [5, 5.41) is 2.85. The molecular weight excluding hydrogens is 432 g/mol. The summed E-state index contributed by atoms with van der Waals surface area (Å²) in [5.74, 6) is -0.166. The summed E-state index contributed by atoms with van der Waals surface area (Å²) in [6, 6.07) is 13.6. The van der Waals surface area contributed by atoms with Crippen LogP contribution in [0.25, 0.3) is 21.5 Å². The van der Waals surface area contributed by atoms with Crippen LogP contribution >= 0.6 is 0 Å². The zero-order valence-electron chi connectivity index (χ0n) is 17.6. The summed E-state index contributed by atoms with van der Waals surface area (Å²) >= 11 is 0. The molecule has 3 rings (SSSR count). The zero-order chi connectivity index (χ0) is 23.3. The van der Waals surface area contributed by atoms with Crippen molar-refractivity contribution < 1.29 is 32.0 Å². The fourth-order valence-electron chi connectivity index (χ4n) is 3.14. The van der Waals surface area contributed by atoms with Gasteiger partial charge in [0.05, 0.1) is 18.1 Å². The first-order valence-electron chi connectivity index (χ1n) is 9.81. The average Bonchev–Trinajstić information content (AvgIpc) is 2.75. The van der Waals surface area contributed by atoms with Gasteiger partial charge in [0.2, 0.25) is 0 Å². The first-order valence-corrected chi connectivity index (χ1v) is 11.3. The van der Waals surface area contributed by atoms with E-state index >= 15 is 0 Å². The normalized spacial score (nSPS) is 12.4. The maximum atomic E-state index is 12.0. The maximum absolute atomic E-state index is 12.0. The molecule has 3 aromatic carbocycles. The highest BCUT2D eigenvalue weighted by molar-refractivity contribution is 7.85. The molecule has 0 amide bonds. The molecule has 8 heteroatoms. The van der Waals surface area contributed by atoms with Crippen LogP contribution in [-0.4, -0.2) is 44.9 Å². The third-order valence-electron chi connectivity index (χ3n) is 4.66. The number of benzene rings is 3. The van der Waals surface area contributed by atoms with Crippen molar-refractivity contribution in [3.63, 3.8) is 0 Å². The standard InChI is InChI=1S/C24H24O7S/c1-4-11-29-14-19(31-24(25)16(2)3)15-30-23-21-8-6-5-7-17(21)12-18-9-10-20(13-22(18)23)32(26,27)28/h4-10,12-13,19H,1-2,11,14-15H2,3H3,(H,26,27,28). The van der Waals surface area contributed by atoms with Crippen LogP contribution in [0, 0.1) is 0 Å². The fraction of sp³-hybridized carbons (Fsp3) is 0.208. The summed E-state index contributed by atoms with van der Waals surface area (Å²) in [7, 11) is -4.40. The highest BCUT2D eigenvalue weighted by Gasteiger charge is 2.19. The van der Waals surface area contributed by atoms with Gasteiger partial charge in [0.15, 0.2) is 6.10 Å². The quantitative estimate of drug-likeness (QED) is 0.121. The van der Waals surface area contributed by atoms with Gasteiger partial charge in [-0.15, -0.1) is 6.58 Å². The molecule has 0 heterocycles. The van der Waals surface area contributed by atoms with Crippen molar-refractivity contribution in [2.24, 2.45) is 0 Å². The van der Waals surface area contributed by atoms with Gasteiger partial charge in [0.1, 0.15) is 12.4 Å². The number of carbonyl (C=O) groups excluding carboxylic acids is 1. The lowest BCUT2D eigenvalue weighted by Crippen LogP contribution is -2.30. The molecule has 32 heavy (non-hydrogen) atoms. The van der Waals surface area contributed by atoms with E-state index < -0.39 is 22.2 Å². The Morgan fingerprint density at radius 2 is 1.81 bits per heavy atom. The smallest absolute Gasteiger partial charge is 0.333 e. The Balaban J connectivity index is 2.02. The summed E-state index contributed by atoms with van der Waals surface area (Å²) in [4.78, 5) is 11.8. The second-order valence-corrected chi connectivity index (χ2v) is 8.65. The van der Waals surface area contributed by atoms with Gasteiger partial charge in [-0.2, -0.15) is 8.42 Å². The number of rotatable bonds is 10. The van der Waals surface area contributed by atoms with E-state index in [2.05, 4.69) is 13.2 Å². The number of esters is 1. The molecule has 0 saturated carbocycles. The second-order valence-electron chi connectivity index (χ2n) is 7.23. The van der Waals surface area contributed by atoms with Crippen molar-refractivity contribution in [3.8, 4) is 5.75 Å². The summed E-state index contributed by atoms with van der Waals surface area (Å²) in [6.07, 6.45) is 0.839.